The van der Waals surface area contributed by atoms with Crippen LogP contribution in [0.5, 0.6) is 0 Å². The molecule has 0 aliphatic heterocycles. The summed E-state index contributed by atoms with van der Waals surface area (Å²) in [6.45, 7) is 3.22. The van der Waals surface area contributed by atoms with Crippen LogP contribution in [-0.4, -0.2) is 19.3 Å². The van der Waals surface area contributed by atoms with E-state index in [0.717, 1.165) is 6.54 Å². The van der Waals surface area contributed by atoms with Crippen LogP contribution in [0.2, 0.25) is 0 Å². The molecule has 0 unspecified atom stereocenters. The summed E-state index contributed by atoms with van der Waals surface area (Å²) in [6, 6.07) is 0.686. The topological polar surface area (TPSA) is 21.3 Å². The third kappa shape index (κ3) is 3.06. The van der Waals surface area contributed by atoms with Crippen molar-refractivity contribution in [2.75, 3.05) is 7.11 Å². The number of aryl methyl sites for hydroxylation is 1. The second-order valence-corrected chi connectivity index (χ2v) is 5.41. The Balaban J connectivity index is 1.73. The van der Waals surface area contributed by atoms with Crippen molar-refractivity contribution in [3.05, 3.63) is 21.9 Å². The van der Waals surface area contributed by atoms with E-state index < -0.39 is 0 Å². The van der Waals surface area contributed by atoms with Crippen LogP contribution in [0.1, 0.15) is 36.8 Å². The molecule has 0 bridgehead atoms. The Bertz CT molecular complexity index is 315. The number of nitrogens with one attached hydrogen (secondary N) is 1. The van der Waals surface area contributed by atoms with Crippen LogP contribution in [0.25, 0.3) is 0 Å². The van der Waals surface area contributed by atoms with Crippen molar-refractivity contribution in [3.8, 4) is 0 Å². The molecule has 2 nitrogen and oxygen atoms in total. The molecule has 90 valence electrons. The number of hydrogen-bond donors (Lipinski definition) is 1. The van der Waals surface area contributed by atoms with Gasteiger partial charge < -0.3 is 10.1 Å². The highest BCUT2D eigenvalue weighted by Gasteiger charge is 2.20. The highest BCUT2D eigenvalue weighted by molar-refractivity contribution is 7.08. The van der Waals surface area contributed by atoms with Gasteiger partial charge in [0.15, 0.2) is 0 Å². The second-order valence-electron chi connectivity index (χ2n) is 4.67. The van der Waals surface area contributed by atoms with E-state index in [1.807, 2.05) is 7.11 Å². The Kier molecular flexibility index (Phi) is 4.38. The van der Waals surface area contributed by atoms with E-state index in [9.17, 15) is 0 Å². The van der Waals surface area contributed by atoms with Gasteiger partial charge in [0.1, 0.15) is 0 Å². The van der Waals surface area contributed by atoms with Crippen molar-refractivity contribution in [1.29, 1.82) is 0 Å². The monoisotopic (exact) mass is 239 g/mol. The Morgan fingerprint density at radius 3 is 2.62 bits per heavy atom. The molecule has 1 saturated carbocycles. The summed E-state index contributed by atoms with van der Waals surface area (Å²) in [4.78, 5) is 0. The van der Waals surface area contributed by atoms with Crippen molar-refractivity contribution in [3.63, 3.8) is 0 Å². The van der Waals surface area contributed by atoms with E-state index >= 15 is 0 Å². The minimum atomic E-state index is 0.501. The number of methoxy groups -OCH3 is 1. The van der Waals surface area contributed by atoms with Crippen LogP contribution in [0.4, 0.5) is 0 Å². The average molecular weight is 239 g/mol. The number of rotatable bonds is 4. The predicted octanol–water partition coefficient (Wildman–Crippen LogP) is 3.10. The highest BCUT2D eigenvalue weighted by Crippen LogP contribution is 2.21. The van der Waals surface area contributed by atoms with Crippen molar-refractivity contribution in [2.24, 2.45) is 0 Å². The average Bonchev–Trinajstić information content (AvgIpc) is 2.73. The molecular formula is C13H21NOS. The summed E-state index contributed by atoms with van der Waals surface area (Å²) < 4.78 is 5.38. The number of hydrogen-bond acceptors (Lipinski definition) is 3. The van der Waals surface area contributed by atoms with Gasteiger partial charge in [0.05, 0.1) is 6.10 Å². The molecule has 16 heavy (non-hydrogen) atoms. The van der Waals surface area contributed by atoms with E-state index in [1.54, 1.807) is 11.3 Å². The van der Waals surface area contributed by atoms with Gasteiger partial charge in [-0.25, -0.2) is 0 Å². The molecule has 0 amide bonds. The Labute approximate surface area is 102 Å². The van der Waals surface area contributed by atoms with Gasteiger partial charge in [0.2, 0.25) is 0 Å². The maximum Gasteiger partial charge on any atom is 0.0572 e. The molecule has 1 fully saturated rings. The van der Waals surface area contributed by atoms with Crippen molar-refractivity contribution in [2.45, 2.75) is 51.3 Å². The lowest BCUT2D eigenvalue weighted by Gasteiger charge is -2.28. The smallest absolute Gasteiger partial charge is 0.0572 e. The quantitative estimate of drug-likeness (QED) is 0.871. The largest absolute Gasteiger partial charge is 0.381 e. The zero-order chi connectivity index (χ0) is 11.4. The lowest BCUT2D eigenvalue weighted by Crippen LogP contribution is -2.34. The molecule has 1 aromatic heterocycles. The first-order valence-electron chi connectivity index (χ1n) is 6.07. The van der Waals surface area contributed by atoms with Crippen molar-refractivity contribution < 1.29 is 4.74 Å². The maximum absolute atomic E-state index is 5.38. The van der Waals surface area contributed by atoms with Gasteiger partial charge in [0.25, 0.3) is 0 Å². The summed E-state index contributed by atoms with van der Waals surface area (Å²) >= 11 is 1.80. The van der Waals surface area contributed by atoms with Gasteiger partial charge in [-0.3, -0.25) is 0 Å². The summed E-state index contributed by atoms with van der Waals surface area (Å²) in [5.41, 5.74) is 2.88. The molecule has 1 heterocycles. The molecule has 2 rings (SSSR count). The van der Waals surface area contributed by atoms with E-state index in [1.165, 1.54) is 36.8 Å². The molecule has 0 radical (unpaired) electrons. The van der Waals surface area contributed by atoms with E-state index in [4.69, 9.17) is 4.74 Å². The number of ether oxygens (including phenoxy) is 1. The summed E-state index contributed by atoms with van der Waals surface area (Å²) in [5.74, 6) is 0. The van der Waals surface area contributed by atoms with Gasteiger partial charge in [0, 0.05) is 19.7 Å². The molecule has 3 heteroatoms. The van der Waals surface area contributed by atoms with Gasteiger partial charge >= 0.3 is 0 Å². The van der Waals surface area contributed by atoms with Gasteiger partial charge in [-0.15, -0.1) is 0 Å². The van der Waals surface area contributed by atoms with Crippen LogP contribution in [-0.2, 0) is 11.3 Å². The molecule has 1 aliphatic carbocycles. The zero-order valence-corrected chi connectivity index (χ0v) is 11.0. The first-order chi connectivity index (χ1) is 7.79. The summed E-state index contributed by atoms with van der Waals surface area (Å²) in [6.07, 6.45) is 5.41. The summed E-state index contributed by atoms with van der Waals surface area (Å²) in [7, 11) is 1.83. The molecule has 1 aromatic rings. The van der Waals surface area contributed by atoms with Crippen LogP contribution >= 0.6 is 11.3 Å². The normalized spacial score (nSPS) is 25.9. The van der Waals surface area contributed by atoms with E-state index in [2.05, 4.69) is 23.0 Å². The fraction of sp³-hybridized carbons (Fsp3) is 0.692. The maximum atomic E-state index is 5.38. The first kappa shape index (κ1) is 12.1. The molecule has 0 atom stereocenters. The Morgan fingerprint density at radius 1 is 1.31 bits per heavy atom. The van der Waals surface area contributed by atoms with Crippen LogP contribution in [0, 0.1) is 6.92 Å². The fourth-order valence-electron chi connectivity index (χ4n) is 2.32. The van der Waals surface area contributed by atoms with Gasteiger partial charge in [-0.2, -0.15) is 11.3 Å². The van der Waals surface area contributed by atoms with E-state index in [-0.39, 0.29) is 0 Å². The van der Waals surface area contributed by atoms with Crippen LogP contribution in [0.15, 0.2) is 10.8 Å². The Morgan fingerprint density at radius 2 is 2.06 bits per heavy atom. The van der Waals surface area contributed by atoms with Gasteiger partial charge in [-0.1, -0.05) is 0 Å². The molecule has 0 spiro atoms. The van der Waals surface area contributed by atoms with Crippen molar-refractivity contribution >= 4 is 11.3 Å². The fourth-order valence-corrected chi connectivity index (χ4v) is 3.18. The van der Waals surface area contributed by atoms with E-state index in [0.29, 0.717) is 12.1 Å². The highest BCUT2D eigenvalue weighted by atomic mass is 32.1. The summed E-state index contributed by atoms with van der Waals surface area (Å²) in [5, 5.41) is 8.13. The lowest BCUT2D eigenvalue weighted by molar-refractivity contribution is 0.0624. The second kappa shape index (κ2) is 5.80. The SMILES string of the molecule is COC1CCC(NCc2cscc2C)CC1. The Hall–Kier alpha value is -0.380. The molecule has 1 aliphatic rings. The number of thiophene rings is 1. The third-order valence-corrected chi connectivity index (χ3v) is 4.46. The predicted molar refractivity (Wildman–Crippen MR) is 68.9 cm³/mol. The molecule has 1 N–H and O–H groups in total. The lowest BCUT2D eigenvalue weighted by atomic mass is 9.93. The molecule has 0 saturated heterocycles. The standard InChI is InChI=1S/C13H21NOS/c1-10-8-16-9-11(10)7-14-12-3-5-13(15-2)6-4-12/h8-9,12-14H,3-7H2,1-2H3. The minimum absolute atomic E-state index is 0.501. The van der Waals surface area contributed by atoms with Crippen LogP contribution < -0.4 is 5.32 Å². The minimum Gasteiger partial charge on any atom is -0.381 e. The molecular weight excluding hydrogens is 218 g/mol. The first-order valence-corrected chi connectivity index (χ1v) is 7.01. The van der Waals surface area contributed by atoms with Crippen molar-refractivity contribution in [1.82, 2.24) is 5.32 Å². The zero-order valence-electron chi connectivity index (χ0n) is 10.2. The molecule has 0 aromatic carbocycles. The van der Waals surface area contributed by atoms with Crippen LogP contribution in [0.3, 0.4) is 0 Å². The van der Waals surface area contributed by atoms with Gasteiger partial charge in [-0.05, 0) is 54.5 Å². The third-order valence-electron chi connectivity index (χ3n) is 3.55.